The van der Waals surface area contributed by atoms with Crippen molar-refractivity contribution in [3.8, 4) is 0 Å². The van der Waals surface area contributed by atoms with Crippen molar-refractivity contribution in [2.45, 2.75) is 225 Å². The van der Waals surface area contributed by atoms with Gasteiger partial charge < -0.3 is 24.6 Å². The van der Waals surface area contributed by atoms with E-state index in [1.54, 1.807) is 6.26 Å². The number of aliphatic hydroxyl groups excluding tert-OH is 2. The van der Waals surface area contributed by atoms with Gasteiger partial charge in [0.1, 0.15) is 12.7 Å². The molecule has 0 fully saturated rings. The minimum atomic E-state index is -4.53. The maximum atomic E-state index is 12.6. The summed E-state index contributed by atoms with van der Waals surface area (Å²) in [6.45, 7) is 2.88. The van der Waals surface area contributed by atoms with Crippen molar-refractivity contribution >= 4 is 13.8 Å². The average Bonchev–Trinajstić information content (AvgIpc) is 3.19. The molecule has 3 N–H and O–H groups in total. The third-order valence-corrected chi connectivity index (χ3v) is 10.8. The van der Waals surface area contributed by atoms with E-state index in [1.807, 2.05) is 6.08 Å². The highest BCUT2D eigenvalue weighted by atomic mass is 31.2. The summed E-state index contributed by atoms with van der Waals surface area (Å²) in [5.41, 5.74) is 0. The molecule has 0 aromatic carbocycles. The molecule has 0 amide bonds. The third-order valence-electron chi connectivity index (χ3n) is 9.89. The predicted octanol–water partition coefficient (Wildman–Crippen LogP) is 13.2. The fourth-order valence-corrected chi connectivity index (χ4v) is 7.14. The van der Waals surface area contributed by atoms with E-state index in [4.69, 9.17) is 23.6 Å². The van der Waals surface area contributed by atoms with Gasteiger partial charge in [-0.3, -0.25) is 13.8 Å². The van der Waals surface area contributed by atoms with Gasteiger partial charge in [0.05, 0.1) is 26.1 Å². The van der Waals surface area contributed by atoms with Crippen LogP contribution in [0.4, 0.5) is 0 Å². The fourth-order valence-electron chi connectivity index (χ4n) is 6.35. The van der Waals surface area contributed by atoms with Gasteiger partial charge >= 0.3 is 13.8 Å². The quantitative estimate of drug-likeness (QED) is 0.0181. The maximum Gasteiger partial charge on any atom is 0.472 e. The number of allylic oxidation sites excluding steroid dienone is 5. The second-order valence-electron chi connectivity index (χ2n) is 15.5. The van der Waals surface area contributed by atoms with E-state index in [1.165, 1.54) is 141 Å². The summed E-state index contributed by atoms with van der Waals surface area (Å²) in [6, 6.07) is 0. The van der Waals surface area contributed by atoms with Gasteiger partial charge in [0.2, 0.25) is 0 Å². The molecule has 0 saturated carbocycles. The number of phosphoric ester groups is 1. The van der Waals surface area contributed by atoms with E-state index < -0.39 is 45.8 Å². The van der Waals surface area contributed by atoms with Crippen molar-refractivity contribution in [1.29, 1.82) is 0 Å². The summed E-state index contributed by atoms with van der Waals surface area (Å²) in [5, 5.41) is 18.4. The number of esters is 1. The monoisotopic (exact) mass is 815 g/mol. The van der Waals surface area contributed by atoms with Crippen molar-refractivity contribution in [1.82, 2.24) is 0 Å². The van der Waals surface area contributed by atoms with Crippen molar-refractivity contribution in [3.63, 3.8) is 0 Å². The highest BCUT2D eigenvalue weighted by Gasteiger charge is 2.26. The molecular weight excluding hydrogens is 727 g/mol. The molecule has 10 heteroatoms. The molecule has 0 aromatic heterocycles. The Morgan fingerprint density at radius 1 is 0.554 bits per heavy atom. The van der Waals surface area contributed by atoms with Gasteiger partial charge in [-0.25, -0.2) is 4.57 Å². The lowest BCUT2D eigenvalue weighted by atomic mass is 10.0. The second kappa shape index (κ2) is 43.1. The Balaban J connectivity index is 4.18. The summed E-state index contributed by atoms with van der Waals surface area (Å²) in [5.74, 6) is -0.407. The Labute approximate surface area is 344 Å². The van der Waals surface area contributed by atoms with Crippen LogP contribution in [0.5, 0.6) is 0 Å². The first-order valence-electron chi connectivity index (χ1n) is 23.0. The Kier molecular flexibility index (Phi) is 42.0. The summed E-state index contributed by atoms with van der Waals surface area (Å²) < 4.78 is 33.2. The molecule has 0 heterocycles. The van der Waals surface area contributed by atoms with Crippen LogP contribution in [0.25, 0.3) is 0 Å². The Morgan fingerprint density at radius 2 is 0.964 bits per heavy atom. The van der Waals surface area contributed by atoms with Gasteiger partial charge in [0, 0.05) is 6.42 Å². The number of ether oxygens (including phenoxy) is 2. The highest BCUT2D eigenvalue weighted by Crippen LogP contribution is 2.43. The van der Waals surface area contributed by atoms with Crippen molar-refractivity contribution in [3.05, 3.63) is 36.6 Å². The zero-order chi connectivity index (χ0) is 41.1. The third kappa shape index (κ3) is 42.1. The highest BCUT2D eigenvalue weighted by molar-refractivity contribution is 7.47. The van der Waals surface area contributed by atoms with Gasteiger partial charge in [0.25, 0.3) is 0 Å². The van der Waals surface area contributed by atoms with Crippen LogP contribution in [-0.2, 0) is 27.9 Å². The lowest BCUT2D eigenvalue weighted by molar-refractivity contribution is -0.153. The molecule has 0 aliphatic rings. The molecule has 9 nitrogen and oxygen atoms in total. The molecule has 0 bridgehead atoms. The molecule has 0 aliphatic heterocycles. The topological polar surface area (TPSA) is 132 Å². The standard InChI is InChI=1S/C46H87O9P/c1-3-5-7-9-11-13-15-17-19-21-22-23-24-26-28-30-32-34-36-38-46(49)55-45(43-54-56(50,51)53-41-44(48)40-47)42-52-39-37-35-33-31-29-27-25-20-18-16-14-12-10-8-6-4-2/h11,13,17,19,37,39,44-45,47-48H,3-10,12,14-16,18,20-36,38,40-43H2,1-2H3,(H,50,51)/b13-11-,19-17-,39-37-/t44-,45+/m0/s1. The van der Waals surface area contributed by atoms with Gasteiger partial charge in [-0.15, -0.1) is 0 Å². The zero-order valence-electron chi connectivity index (χ0n) is 36.1. The van der Waals surface area contributed by atoms with Crippen LogP contribution < -0.4 is 0 Å². The summed E-state index contributed by atoms with van der Waals surface area (Å²) >= 11 is 0. The van der Waals surface area contributed by atoms with Gasteiger partial charge in [-0.1, -0.05) is 179 Å². The number of carbonyl (C=O) groups is 1. The van der Waals surface area contributed by atoms with Crippen LogP contribution in [0.15, 0.2) is 36.6 Å². The summed E-state index contributed by atoms with van der Waals surface area (Å²) in [6.07, 6.45) is 47.6. The van der Waals surface area contributed by atoms with Crippen LogP contribution in [0.1, 0.15) is 213 Å². The molecule has 0 aromatic rings. The molecule has 0 radical (unpaired) electrons. The van der Waals surface area contributed by atoms with Crippen molar-refractivity contribution in [2.24, 2.45) is 0 Å². The van der Waals surface area contributed by atoms with Gasteiger partial charge in [0.15, 0.2) is 6.10 Å². The fraction of sp³-hybridized carbons (Fsp3) is 0.848. The SMILES string of the molecule is CCCCC/C=C\C/C=C\CCCCCCCCCCCC(=O)O[C@H](CO/C=C\CCCCCCCCCCCCCCCC)COP(=O)(O)OC[C@@H](O)CO. The molecule has 0 aliphatic carbocycles. The zero-order valence-corrected chi connectivity index (χ0v) is 37.0. The van der Waals surface area contributed by atoms with Crippen LogP contribution in [-0.4, -0.2) is 59.7 Å². The number of hydrogen-bond donors (Lipinski definition) is 3. The first-order valence-corrected chi connectivity index (χ1v) is 24.5. The van der Waals surface area contributed by atoms with E-state index in [9.17, 15) is 19.4 Å². The van der Waals surface area contributed by atoms with Crippen LogP contribution in [0.3, 0.4) is 0 Å². The average molecular weight is 815 g/mol. The Morgan fingerprint density at radius 3 is 1.46 bits per heavy atom. The predicted molar refractivity (Wildman–Crippen MR) is 233 cm³/mol. The van der Waals surface area contributed by atoms with Crippen molar-refractivity contribution < 1.29 is 43.0 Å². The largest absolute Gasteiger partial charge is 0.498 e. The number of phosphoric acid groups is 1. The number of hydrogen-bond acceptors (Lipinski definition) is 8. The van der Waals surface area contributed by atoms with Crippen LogP contribution >= 0.6 is 7.82 Å². The molecule has 1 unspecified atom stereocenters. The number of aliphatic hydroxyl groups is 2. The number of unbranched alkanes of at least 4 members (excludes halogenated alkanes) is 26. The van der Waals surface area contributed by atoms with Gasteiger partial charge in [-0.2, -0.15) is 0 Å². The van der Waals surface area contributed by atoms with Crippen LogP contribution in [0, 0.1) is 0 Å². The lowest BCUT2D eigenvalue weighted by Crippen LogP contribution is -2.28. The number of carbonyl (C=O) groups excluding carboxylic acids is 1. The minimum Gasteiger partial charge on any atom is -0.498 e. The summed E-state index contributed by atoms with van der Waals surface area (Å²) in [4.78, 5) is 22.6. The molecule has 0 rings (SSSR count). The summed E-state index contributed by atoms with van der Waals surface area (Å²) in [7, 11) is -4.53. The first kappa shape index (κ1) is 54.5. The number of rotatable bonds is 44. The van der Waals surface area contributed by atoms with Crippen molar-refractivity contribution in [2.75, 3.05) is 26.4 Å². The van der Waals surface area contributed by atoms with E-state index in [0.717, 1.165) is 44.9 Å². The van der Waals surface area contributed by atoms with E-state index >= 15 is 0 Å². The van der Waals surface area contributed by atoms with E-state index in [2.05, 4.69) is 38.2 Å². The molecule has 330 valence electrons. The molecule has 0 saturated heterocycles. The normalized spacial score (nSPS) is 14.2. The minimum absolute atomic E-state index is 0.0347. The van der Waals surface area contributed by atoms with E-state index in [0.29, 0.717) is 6.42 Å². The molecule has 3 atom stereocenters. The molecular formula is C46H87O9P. The smallest absolute Gasteiger partial charge is 0.472 e. The van der Waals surface area contributed by atoms with Crippen LogP contribution in [0.2, 0.25) is 0 Å². The molecule has 0 spiro atoms. The maximum absolute atomic E-state index is 12.6. The van der Waals surface area contributed by atoms with E-state index in [-0.39, 0.29) is 13.0 Å². The first-order chi connectivity index (χ1) is 27.3. The van der Waals surface area contributed by atoms with Gasteiger partial charge in [-0.05, 0) is 57.4 Å². The second-order valence-corrected chi connectivity index (χ2v) is 16.9. The molecule has 56 heavy (non-hydrogen) atoms. The Bertz CT molecular complexity index is 970. The Hall–Kier alpha value is -1.48. The lowest BCUT2D eigenvalue weighted by Gasteiger charge is -2.20.